The Balaban J connectivity index is 1.63. The fourth-order valence-corrected chi connectivity index (χ4v) is 4.08. The molecule has 6 heteroatoms. The molecule has 21 heavy (non-hydrogen) atoms. The van der Waals surface area contributed by atoms with Gasteiger partial charge < -0.3 is 10.2 Å². The Morgan fingerprint density at radius 3 is 2.81 bits per heavy atom. The standard InChI is InChI=1S/C15H23N3O2S/c19-21(20,17-8-11-18-9-1-2-10-18)14-6-5-13-4-3-7-16-15(13)12-14/h5-6,12,16-17H,1-4,7-11H2. The van der Waals surface area contributed by atoms with E-state index in [0.717, 1.165) is 44.7 Å². The van der Waals surface area contributed by atoms with Crippen LogP contribution in [0.15, 0.2) is 23.1 Å². The zero-order valence-electron chi connectivity index (χ0n) is 12.3. The van der Waals surface area contributed by atoms with Crippen LogP contribution in [0, 0.1) is 0 Å². The van der Waals surface area contributed by atoms with Crippen molar-refractivity contribution < 1.29 is 8.42 Å². The van der Waals surface area contributed by atoms with E-state index in [9.17, 15) is 8.42 Å². The molecular formula is C15H23N3O2S. The quantitative estimate of drug-likeness (QED) is 0.863. The molecule has 0 atom stereocenters. The van der Waals surface area contributed by atoms with E-state index in [0.29, 0.717) is 11.4 Å². The molecular weight excluding hydrogens is 286 g/mol. The highest BCUT2D eigenvalue weighted by Gasteiger charge is 2.18. The molecule has 0 radical (unpaired) electrons. The van der Waals surface area contributed by atoms with Crippen LogP contribution >= 0.6 is 0 Å². The third-order valence-corrected chi connectivity index (χ3v) is 5.71. The van der Waals surface area contributed by atoms with Gasteiger partial charge in [-0.15, -0.1) is 0 Å². The Morgan fingerprint density at radius 1 is 1.19 bits per heavy atom. The third kappa shape index (κ3) is 3.56. The van der Waals surface area contributed by atoms with Crippen LogP contribution in [0.4, 0.5) is 5.69 Å². The number of hydrogen-bond acceptors (Lipinski definition) is 4. The van der Waals surface area contributed by atoms with Crippen molar-refractivity contribution in [1.29, 1.82) is 0 Å². The number of anilines is 1. The van der Waals surface area contributed by atoms with Crippen LogP contribution in [0.5, 0.6) is 0 Å². The SMILES string of the molecule is O=S(=O)(NCCN1CCCC1)c1ccc2c(c1)NCCC2. The summed E-state index contributed by atoms with van der Waals surface area (Å²) in [5.74, 6) is 0. The number of sulfonamides is 1. The second kappa shape index (κ2) is 6.34. The number of hydrogen-bond donors (Lipinski definition) is 2. The van der Waals surface area contributed by atoms with E-state index >= 15 is 0 Å². The minimum Gasteiger partial charge on any atom is -0.385 e. The summed E-state index contributed by atoms with van der Waals surface area (Å²) < 4.78 is 27.4. The zero-order valence-corrected chi connectivity index (χ0v) is 13.1. The smallest absolute Gasteiger partial charge is 0.240 e. The predicted octanol–water partition coefficient (Wildman–Crippen LogP) is 1.42. The number of rotatable bonds is 5. The van der Waals surface area contributed by atoms with Crippen molar-refractivity contribution >= 4 is 15.7 Å². The van der Waals surface area contributed by atoms with Gasteiger partial charge in [0.05, 0.1) is 4.90 Å². The molecule has 0 saturated carbocycles. The lowest BCUT2D eigenvalue weighted by Crippen LogP contribution is -2.33. The number of likely N-dealkylation sites (tertiary alicyclic amines) is 1. The molecule has 0 aromatic heterocycles. The van der Waals surface area contributed by atoms with Gasteiger partial charge in [-0.05, 0) is 56.5 Å². The van der Waals surface area contributed by atoms with Gasteiger partial charge in [-0.2, -0.15) is 0 Å². The number of benzene rings is 1. The van der Waals surface area contributed by atoms with Crippen molar-refractivity contribution in [1.82, 2.24) is 9.62 Å². The van der Waals surface area contributed by atoms with Crippen molar-refractivity contribution in [3.8, 4) is 0 Å². The van der Waals surface area contributed by atoms with Gasteiger partial charge in [0.1, 0.15) is 0 Å². The van der Waals surface area contributed by atoms with Gasteiger partial charge in [0.25, 0.3) is 0 Å². The second-order valence-electron chi connectivity index (χ2n) is 5.80. The maximum absolute atomic E-state index is 12.3. The summed E-state index contributed by atoms with van der Waals surface area (Å²) in [5.41, 5.74) is 2.17. The Bertz CT molecular complexity index is 595. The number of nitrogens with one attached hydrogen (secondary N) is 2. The van der Waals surface area contributed by atoms with Gasteiger partial charge in [0, 0.05) is 25.3 Å². The molecule has 5 nitrogen and oxygen atoms in total. The maximum atomic E-state index is 12.3. The number of fused-ring (bicyclic) bond motifs is 1. The predicted molar refractivity (Wildman–Crippen MR) is 84.1 cm³/mol. The molecule has 0 amide bonds. The highest BCUT2D eigenvalue weighted by atomic mass is 32.2. The molecule has 0 aliphatic carbocycles. The van der Waals surface area contributed by atoms with Crippen molar-refractivity contribution in [2.24, 2.45) is 0 Å². The van der Waals surface area contributed by atoms with E-state index < -0.39 is 10.0 Å². The number of nitrogens with zero attached hydrogens (tertiary/aromatic N) is 1. The molecule has 0 unspecified atom stereocenters. The van der Waals surface area contributed by atoms with E-state index in [1.165, 1.54) is 18.4 Å². The summed E-state index contributed by atoms with van der Waals surface area (Å²) in [6.07, 6.45) is 4.57. The fraction of sp³-hybridized carbons (Fsp3) is 0.600. The molecule has 0 bridgehead atoms. The van der Waals surface area contributed by atoms with Crippen molar-refractivity contribution in [2.75, 3.05) is 38.0 Å². The van der Waals surface area contributed by atoms with E-state index in [1.54, 1.807) is 12.1 Å². The molecule has 0 spiro atoms. The highest BCUT2D eigenvalue weighted by Crippen LogP contribution is 2.25. The van der Waals surface area contributed by atoms with Crippen LogP contribution in [-0.4, -0.2) is 46.0 Å². The summed E-state index contributed by atoms with van der Waals surface area (Å²) in [4.78, 5) is 2.66. The van der Waals surface area contributed by atoms with Crippen LogP contribution in [0.25, 0.3) is 0 Å². The first-order valence-electron chi connectivity index (χ1n) is 7.74. The van der Waals surface area contributed by atoms with Gasteiger partial charge in [0.2, 0.25) is 10.0 Å². The van der Waals surface area contributed by atoms with Crippen LogP contribution in [0.1, 0.15) is 24.8 Å². The van der Waals surface area contributed by atoms with Gasteiger partial charge in [-0.3, -0.25) is 0 Å². The first kappa shape index (κ1) is 14.8. The molecule has 116 valence electrons. The van der Waals surface area contributed by atoms with Gasteiger partial charge in [0.15, 0.2) is 0 Å². The Kier molecular flexibility index (Phi) is 4.47. The lowest BCUT2D eigenvalue weighted by atomic mass is 10.0. The molecule has 1 aromatic carbocycles. The van der Waals surface area contributed by atoms with Crippen LogP contribution in [0.3, 0.4) is 0 Å². The second-order valence-corrected chi connectivity index (χ2v) is 7.56. The topological polar surface area (TPSA) is 61.4 Å². The lowest BCUT2D eigenvalue weighted by molar-refractivity contribution is 0.344. The van der Waals surface area contributed by atoms with Gasteiger partial charge in [-0.25, -0.2) is 13.1 Å². The maximum Gasteiger partial charge on any atom is 0.240 e. The minimum absolute atomic E-state index is 0.358. The third-order valence-electron chi connectivity index (χ3n) is 4.25. The minimum atomic E-state index is -3.40. The van der Waals surface area contributed by atoms with E-state index in [1.807, 2.05) is 6.07 Å². The highest BCUT2D eigenvalue weighted by molar-refractivity contribution is 7.89. The first-order valence-corrected chi connectivity index (χ1v) is 9.22. The van der Waals surface area contributed by atoms with Crippen LogP contribution in [-0.2, 0) is 16.4 Å². The summed E-state index contributed by atoms with van der Waals surface area (Å²) in [6.45, 7) is 4.36. The molecule has 2 heterocycles. The largest absolute Gasteiger partial charge is 0.385 e. The summed E-state index contributed by atoms with van der Waals surface area (Å²) in [7, 11) is -3.40. The zero-order chi connectivity index (χ0) is 14.7. The first-order chi connectivity index (χ1) is 10.1. The summed E-state index contributed by atoms with van der Waals surface area (Å²) >= 11 is 0. The van der Waals surface area contributed by atoms with Crippen LogP contribution in [0.2, 0.25) is 0 Å². The molecule has 2 aliphatic heterocycles. The normalized spacial score (nSPS) is 19.2. The summed E-state index contributed by atoms with van der Waals surface area (Å²) in [6, 6.07) is 5.40. The van der Waals surface area contributed by atoms with Crippen molar-refractivity contribution in [3.63, 3.8) is 0 Å². The van der Waals surface area contributed by atoms with Crippen molar-refractivity contribution in [3.05, 3.63) is 23.8 Å². The van der Waals surface area contributed by atoms with E-state index in [4.69, 9.17) is 0 Å². The molecule has 1 saturated heterocycles. The Hall–Kier alpha value is -1.11. The molecule has 2 N–H and O–H groups in total. The summed E-state index contributed by atoms with van der Waals surface area (Å²) in [5, 5.41) is 3.28. The van der Waals surface area contributed by atoms with Crippen LogP contribution < -0.4 is 10.0 Å². The average Bonchev–Trinajstić information content (AvgIpc) is 3.00. The Morgan fingerprint density at radius 2 is 2.00 bits per heavy atom. The molecule has 2 aliphatic rings. The lowest BCUT2D eigenvalue weighted by Gasteiger charge is -2.19. The molecule has 1 fully saturated rings. The van der Waals surface area contributed by atoms with E-state index in [-0.39, 0.29) is 0 Å². The van der Waals surface area contributed by atoms with Gasteiger partial charge in [-0.1, -0.05) is 6.07 Å². The number of aryl methyl sites for hydroxylation is 1. The monoisotopic (exact) mass is 309 g/mol. The van der Waals surface area contributed by atoms with Gasteiger partial charge >= 0.3 is 0 Å². The Labute approximate surface area is 126 Å². The molecule has 3 rings (SSSR count). The van der Waals surface area contributed by atoms with Crippen molar-refractivity contribution in [2.45, 2.75) is 30.6 Å². The molecule has 1 aromatic rings. The average molecular weight is 309 g/mol. The fourth-order valence-electron chi connectivity index (χ4n) is 3.03. The van der Waals surface area contributed by atoms with E-state index in [2.05, 4.69) is 14.9 Å².